The molecule has 7 heteroatoms. The van der Waals surface area contributed by atoms with Crippen LogP contribution in [0.25, 0.3) is 0 Å². The van der Waals surface area contributed by atoms with Gasteiger partial charge in [0.05, 0.1) is 12.6 Å². The van der Waals surface area contributed by atoms with Crippen LogP contribution in [0.5, 0.6) is 0 Å². The van der Waals surface area contributed by atoms with Crippen LogP contribution in [0.15, 0.2) is 12.4 Å². The van der Waals surface area contributed by atoms with Crippen LogP contribution in [-0.2, 0) is 20.9 Å². The second-order valence-corrected chi connectivity index (χ2v) is 5.69. The number of rotatable bonds is 4. The number of ether oxygens (including phenoxy) is 1. The first kappa shape index (κ1) is 15.0. The van der Waals surface area contributed by atoms with Crippen molar-refractivity contribution in [2.24, 2.45) is 5.92 Å². The van der Waals surface area contributed by atoms with Crippen molar-refractivity contribution in [3.05, 3.63) is 18.2 Å². The minimum Gasteiger partial charge on any atom is -0.369 e. The van der Waals surface area contributed by atoms with Crippen LogP contribution in [0.2, 0.25) is 0 Å². The number of carbonyl (C=O) groups is 2. The molecule has 2 amide bonds. The fourth-order valence-corrected chi connectivity index (χ4v) is 3.20. The van der Waals surface area contributed by atoms with Gasteiger partial charge < -0.3 is 19.1 Å². The van der Waals surface area contributed by atoms with E-state index in [0.29, 0.717) is 26.2 Å². The van der Waals surface area contributed by atoms with E-state index in [1.807, 2.05) is 24.6 Å². The SMILES string of the molecule is CCN1CN(C(=O)[C@@H]2CCO[C@H]2c2nccn2CC)CC1=O. The van der Waals surface area contributed by atoms with Gasteiger partial charge in [-0.15, -0.1) is 0 Å². The molecule has 2 atom stereocenters. The second kappa shape index (κ2) is 6.08. The predicted octanol–water partition coefficient (Wildman–Crippen LogP) is 0.629. The van der Waals surface area contributed by atoms with Crippen LogP contribution in [0, 0.1) is 5.92 Å². The molecule has 2 aliphatic rings. The van der Waals surface area contributed by atoms with Gasteiger partial charge in [-0.2, -0.15) is 0 Å². The van der Waals surface area contributed by atoms with Gasteiger partial charge in [0, 0.05) is 32.1 Å². The summed E-state index contributed by atoms with van der Waals surface area (Å²) in [5.74, 6) is 0.562. The normalized spacial score (nSPS) is 25.3. The van der Waals surface area contributed by atoms with Crippen molar-refractivity contribution in [3.8, 4) is 0 Å². The van der Waals surface area contributed by atoms with E-state index in [9.17, 15) is 9.59 Å². The molecule has 0 N–H and O–H groups in total. The van der Waals surface area contributed by atoms with Crippen molar-refractivity contribution in [3.63, 3.8) is 0 Å². The molecular weight excluding hydrogens is 284 g/mol. The Labute approximate surface area is 129 Å². The lowest BCUT2D eigenvalue weighted by Gasteiger charge is -2.23. The fourth-order valence-electron chi connectivity index (χ4n) is 3.20. The molecule has 0 bridgehead atoms. The Balaban J connectivity index is 1.76. The number of imidazole rings is 1. The molecular formula is C15H22N4O3. The molecule has 0 saturated carbocycles. The van der Waals surface area contributed by atoms with Gasteiger partial charge in [-0.05, 0) is 20.3 Å². The number of aryl methyl sites for hydroxylation is 1. The van der Waals surface area contributed by atoms with Crippen molar-refractivity contribution < 1.29 is 14.3 Å². The maximum atomic E-state index is 12.8. The summed E-state index contributed by atoms with van der Waals surface area (Å²) in [6.45, 7) is 6.50. The summed E-state index contributed by atoms with van der Waals surface area (Å²) in [4.78, 5) is 32.3. The van der Waals surface area contributed by atoms with E-state index in [0.717, 1.165) is 12.4 Å². The van der Waals surface area contributed by atoms with Crippen molar-refractivity contribution in [2.75, 3.05) is 26.4 Å². The van der Waals surface area contributed by atoms with Crippen LogP contribution in [0.3, 0.4) is 0 Å². The Morgan fingerprint density at radius 2 is 2.23 bits per heavy atom. The molecule has 1 aromatic heterocycles. The standard InChI is InChI=1S/C15H22N4O3/c1-3-17-7-6-16-14(17)13-11(5-8-22-13)15(21)19-9-12(20)18(4-2)10-19/h6-7,11,13H,3-5,8-10H2,1-2H3/t11-,13-/m1/s1. The van der Waals surface area contributed by atoms with E-state index in [-0.39, 0.29) is 30.4 Å². The summed E-state index contributed by atoms with van der Waals surface area (Å²) < 4.78 is 7.79. The largest absolute Gasteiger partial charge is 0.369 e. The fraction of sp³-hybridized carbons (Fsp3) is 0.667. The summed E-state index contributed by atoms with van der Waals surface area (Å²) in [5.41, 5.74) is 0. The van der Waals surface area contributed by atoms with Gasteiger partial charge in [-0.3, -0.25) is 9.59 Å². The second-order valence-electron chi connectivity index (χ2n) is 5.69. The summed E-state index contributed by atoms with van der Waals surface area (Å²) in [5, 5.41) is 0. The minimum absolute atomic E-state index is 0.00236. The first-order valence-electron chi connectivity index (χ1n) is 7.84. The lowest BCUT2D eigenvalue weighted by atomic mass is 9.99. The maximum Gasteiger partial charge on any atom is 0.243 e. The predicted molar refractivity (Wildman–Crippen MR) is 78.7 cm³/mol. The number of amides is 2. The first-order valence-corrected chi connectivity index (χ1v) is 7.84. The molecule has 0 aromatic carbocycles. The van der Waals surface area contributed by atoms with Gasteiger partial charge in [0.15, 0.2) is 0 Å². The highest BCUT2D eigenvalue weighted by Gasteiger charge is 2.42. The van der Waals surface area contributed by atoms with Crippen molar-refractivity contribution in [1.29, 1.82) is 0 Å². The van der Waals surface area contributed by atoms with Crippen LogP contribution in [0.4, 0.5) is 0 Å². The Morgan fingerprint density at radius 3 is 2.91 bits per heavy atom. The molecule has 22 heavy (non-hydrogen) atoms. The third-order valence-electron chi connectivity index (χ3n) is 4.47. The highest BCUT2D eigenvalue weighted by molar-refractivity contribution is 5.89. The minimum atomic E-state index is -0.312. The maximum absolute atomic E-state index is 12.8. The Bertz CT molecular complexity index is 571. The quantitative estimate of drug-likeness (QED) is 0.818. The molecule has 120 valence electrons. The number of likely N-dealkylation sites (N-methyl/N-ethyl adjacent to an activating group) is 1. The van der Waals surface area contributed by atoms with Crippen LogP contribution in [-0.4, -0.2) is 57.5 Å². The molecule has 0 radical (unpaired) electrons. The highest BCUT2D eigenvalue weighted by atomic mass is 16.5. The lowest BCUT2D eigenvalue weighted by Crippen LogP contribution is -2.37. The third-order valence-corrected chi connectivity index (χ3v) is 4.47. The number of hydrogen-bond donors (Lipinski definition) is 0. The molecule has 1 aromatic rings. The molecule has 3 heterocycles. The van der Waals surface area contributed by atoms with E-state index >= 15 is 0 Å². The van der Waals surface area contributed by atoms with E-state index in [1.54, 1.807) is 16.0 Å². The third kappa shape index (κ3) is 2.49. The van der Waals surface area contributed by atoms with Gasteiger partial charge in [-0.25, -0.2) is 4.98 Å². The highest BCUT2D eigenvalue weighted by Crippen LogP contribution is 2.35. The van der Waals surface area contributed by atoms with Gasteiger partial charge in [-0.1, -0.05) is 0 Å². The molecule has 7 nitrogen and oxygen atoms in total. The molecule has 2 saturated heterocycles. The Kier molecular flexibility index (Phi) is 4.15. The number of nitrogens with zero attached hydrogens (tertiary/aromatic N) is 4. The number of hydrogen-bond acceptors (Lipinski definition) is 4. The Morgan fingerprint density at radius 1 is 1.41 bits per heavy atom. The molecule has 0 spiro atoms. The van der Waals surface area contributed by atoms with Crippen LogP contribution in [0.1, 0.15) is 32.2 Å². The monoisotopic (exact) mass is 306 g/mol. The van der Waals surface area contributed by atoms with Gasteiger partial charge in [0.2, 0.25) is 11.8 Å². The van der Waals surface area contributed by atoms with E-state index in [4.69, 9.17) is 4.74 Å². The van der Waals surface area contributed by atoms with E-state index < -0.39 is 0 Å². The van der Waals surface area contributed by atoms with Crippen molar-refractivity contribution in [2.45, 2.75) is 32.9 Å². The van der Waals surface area contributed by atoms with Crippen molar-refractivity contribution >= 4 is 11.8 Å². The summed E-state index contributed by atoms with van der Waals surface area (Å²) in [6.07, 6.45) is 4.00. The number of carbonyl (C=O) groups excluding carboxylic acids is 2. The average Bonchev–Trinajstić information content (AvgIpc) is 3.24. The van der Waals surface area contributed by atoms with E-state index in [1.165, 1.54) is 0 Å². The van der Waals surface area contributed by atoms with Gasteiger partial charge in [0.25, 0.3) is 0 Å². The zero-order chi connectivity index (χ0) is 15.7. The molecule has 0 aliphatic carbocycles. The molecule has 2 fully saturated rings. The zero-order valence-electron chi connectivity index (χ0n) is 13.1. The summed E-state index contributed by atoms with van der Waals surface area (Å²) in [7, 11) is 0. The van der Waals surface area contributed by atoms with Crippen molar-refractivity contribution in [1.82, 2.24) is 19.4 Å². The topological polar surface area (TPSA) is 67.7 Å². The average molecular weight is 306 g/mol. The molecule has 2 aliphatic heterocycles. The molecule has 3 rings (SSSR count). The van der Waals surface area contributed by atoms with Gasteiger partial charge in [0.1, 0.15) is 18.5 Å². The lowest BCUT2D eigenvalue weighted by molar-refractivity contribution is -0.137. The van der Waals surface area contributed by atoms with Gasteiger partial charge >= 0.3 is 0 Å². The Hall–Kier alpha value is -1.89. The van der Waals surface area contributed by atoms with E-state index in [2.05, 4.69) is 4.98 Å². The zero-order valence-corrected chi connectivity index (χ0v) is 13.1. The first-order chi connectivity index (χ1) is 10.7. The summed E-state index contributed by atoms with van der Waals surface area (Å²) in [6, 6.07) is 0. The molecule has 0 unspecified atom stereocenters. The smallest absolute Gasteiger partial charge is 0.243 e. The van der Waals surface area contributed by atoms with Crippen LogP contribution >= 0.6 is 0 Å². The number of aromatic nitrogens is 2. The summed E-state index contributed by atoms with van der Waals surface area (Å²) >= 11 is 0. The van der Waals surface area contributed by atoms with Crippen LogP contribution < -0.4 is 0 Å².